The van der Waals surface area contributed by atoms with E-state index < -0.39 is 0 Å². The summed E-state index contributed by atoms with van der Waals surface area (Å²) in [4.78, 5) is 5.90. The fourth-order valence-corrected chi connectivity index (χ4v) is 1.68. The standard InChI is InChI=1S/C14H27NO/c1-7-10-12(4)14(9-3)16-15(6)13(5)11-8-2/h8-9,12-14H,2-3,7,10-11H2,1,4-6H3/t12-,13-,14+/m1/s1. The molecule has 0 aliphatic carbocycles. The molecule has 0 saturated carbocycles. The summed E-state index contributed by atoms with van der Waals surface area (Å²) in [6.07, 6.45) is 7.21. The number of rotatable bonds is 9. The van der Waals surface area contributed by atoms with Crippen LogP contribution in [0.25, 0.3) is 0 Å². The van der Waals surface area contributed by atoms with Gasteiger partial charge in [-0.2, -0.15) is 5.06 Å². The predicted octanol–water partition coefficient (Wildman–Crippen LogP) is 3.81. The van der Waals surface area contributed by atoms with Gasteiger partial charge in [-0.15, -0.1) is 13.2 Å². The molecule has 0 saturated heterocycles. The van der Waals surface area contributed by atoms with Crippen molar-refractivity contribution in [1.82, 2.24) is 5.06 Å². The molecule has 0 aliphatic rings. The average molecular weight is 225 g/mol. The lowest BCUT2D eigenvalue weighted by Gasteiger charge is -2.29. The van der Waals surface area contributed by atoms with Gasteiger partial charge in [-0.25, -0.2) is 0 Å². The second kappa shape index (κ2) is 8.54. The summed E-state index contributed by atoms with van der Waals surface area (Å²) in [6.45, 7) is 14.1. The Morgan fingerprint density at radius 3 is 2.38 bits per heavy atom. The number of hydrogen-bond acceptors (Lipinski definition) is 2. The molecule has 0 aliphatic heterocycles. The van der Waals surface area contributed by atoms with Crippen molar-refractivity contribution in [3.05, 3.63) is 25.3 Å². The molecule has 16 heavy (non-hydrogen) atoms. The highest BCUT2D eigenvalue weighted by Crippen LogP contribution is 2.17. The molecular weight excluding hydrogens is 198 g/mol. The van der Waals surface area contributed by atoms with Crippen LogP contribution >= 0.6 is 0 Å². The van der Waals surface area contributed by atoms with Crippen molar-refractivity contribution in [2.75, 3.05) is 7.05 Å². The van der Waals surface area contributed by atoms with Crippen molar-refractivity contribution >= 4 is 0 Å². The minimum atomic E-state index is 0.109. The molecule has 94 valence electrons. The molecule has 0 aromatic carbocycles. The van der Waals surface area contributed by atoms with Crippen molar-refractivity contribution in [2.24, 2.45) is 5.92 Å². The first-order chi connectivity index (χ1) is 7.56. The van der Waals surface area contributed by atoms with Crippen LogP contribution in [0.1, 0.15) is 40.0 Å². The van der Waals surface area contributed by atoms with Gasteiger partial charge in [0.25, 0.3) is 0 Å². The van der Waals surface area contributed by atoms with Gasteiger partial charge >= 0.3 is 0 Å². The molecule has 0 aromatic rings. The summed E-state index contributed by atoms with van der Waals surface area (Å²) in [5.41, 5.74) is 0. The van der Waals surface area contributed by atoms with E-state index in [2.05, 4.69) is 33.9 Å². The van der Waals surface area contributed by atoms with Crippen LogP contribution in [-0.2, 0) is 4.84 Å². The Bertz CT molecular complexity index is 203. The Hall–Kier alpha value is -0.600. The van der Waals surface area contributed by atoms with Crippen LogP contribution in [0.4, 0.5) is 0 Å². The van der Waals surface area contributed by atoms with E-state index >= 15 is 0 Å². The third-order valence-corrected chi connectivity index (χ3v) is 2.95. The molecule has 2 heteroatoms. The van der Waals surface area contributed by atoms with E-state index in [-0.39, 0.29) is 6.10 Å². The van der Waals surface area contributed by atoms with Crippen molar-refractivity contribution in [3.63, 3.8) is 0 Å². The summed E-state index contributed by atoms with van der Waals surface area (Å²) in [7, 11) is 1.98. The molecule has 0 heterocycles. The first-order valence-electron chi connectivity index (χ1n) is 6.19. The first-order valence-corrected chi connectivity index (χ1v) is 6.19. The zero-order valence-electron chi connectivity index (χ0n) is 11.3. The van der Waals surface area contributed by atoms with Crippen LogP contribution in [0.5, 0.6) is 0 Å². The Morgan fingerprint density at radius 2 is 1.94 bits per heavy atom. The molecule has 0 amide bonds. The predicted molar refractivity (Wildman–Crippen MR) is 71.2 cm³/mol. The van der Waals surface area contributed by atoms with Crippen LogP contribution in [0, 0.1) is 5.92 Å². The molecule has 0 spiro atoms. The van der Waals surface area contributed by atoms with Gasteiger partial charge in [0.1, 0.15) is 0 Å². The van der Waals surface area contributed by atoms with E-state index in [9.17, 15) is 0 Å². The van der Waals surface area contributed by atoms with E-state index in [0.717, 1.165) is 6.42 Å². The van der Waals surface area contributed by atoms with E-state index in [0.29, 0.717) is 12.0 Å². The quantitative estimate of drug-likeness (QED) is 0.437. The Labute approximate surface area is 101 Å². The number of hydrogen-bond donors (Lipinski definition) is 0. The topological polar surface area (TPSA) is 12.5 Å². The molecule has 3 atom stereocenters. The SMILES string of the molecule is C=CC[C@@H](C)N(C)O[C@@H](C=C)[C@H](C)CCC. The second-order valence-corrected chi connectivity index (χ2v) is 4.49. The maximum Gasteiger partial charge on any atom is 0.0996 e. The summed E-state index contributed by atoms with van der Waals surface area (Å²) >= 11 is 0. The molecule has 0 bridgehead atoms. The lowest BCUT2D eigenvalue weighted by molar-refractivity contribution is -0.199. The second-order valence-electron chi connectivity index (χ2n) is 4.49. The summed E-state index contributed by atoms with van der Waals surface area (Å²) < 4.78 is 0. The molecule has 2 nitrogen and oxygen atoms in total. The van der Waals surface area contributed by atoms with Crippen LogP contribution < -0.4 is 0 Å². The molecular formula is C14H27NO. The van der Waals surface area contributed by atoms with E-state index in [4.69, 9.17) is 4.84 Å². The van der Waals surface area contributed by atoms with E-state index in [1.54, 1.807) is 0 Å². The third-order valence-electron chi connectivity index (χ3n) is 2.95. The van der Waals surface area contributed by atoms with Crippen LogP contribution in [0.3, 0.4) is 0 Å². The molecule has 0 rings (SSSR count). The van der Waals surface area contributed by atoms with Gasteiger partial charge in [0.05, 0.1) is 6.10 Å². The van der Waals surface area contributed by atoms with Crippen LogP contribution in [0.15, 0.2) is 25.3 Å². The van der Waals surface area contributed by atoms with Crippen molar-refractivity contribution in [1.29, 1.82) is 0 Å². The highest BCUT2D eigenvalue weighted by atomic mass is 16.7. The Morgan fingerprint density at radius 1 is 1.31 bits per heavy atom. The summed E-state index contributed by atoms with van der Waals surface area (Å²) in [5, 5.41) is 1.92. The van der Waals surface area contributed by atoms with Gasteiger partial charge in [-0.05, 0) is 25.7 Å². The molecule has 0 fully saturated rings. The minimum absolute atomic E-state index is 0.109. The van der Waals surface area contributed by atoms with Gasteiger partial charge in [-0.3, -0.25) is 4.84 Å². The fourth-order valence-electron chi connectivity index (χ4n) is 1.68. The summed E-state index contributed by atoms with van der Waals surface area (Å²) in [5.74, 6) is 0.515. The molecule has 0 N–H and O–H groups in total. The normalized spacial score (nSPS) is 16.8. The van der Waals surface area contributed by atoms with Crippen LogP contribution in [0.2, 0.25) is 0 Å². The zero-order valence-corrected chi connectivity index (χ0v) is 11.3. The lowest BCUT2D eigenvalue weighted by atomic mass is 10.00. The van der Waals surface area contributed by atoms with Gasteiger partial charge in [0, 0.05) is 13.1 Å². The van der Waals surface area contributed by atoms with Crippen LogP contribution in [-0.4, -0.2) is 24.3 Å². The first kappa shape index (κ1) is 15.4. The van der Waals surface area contributed by atoms with Gasteiger partial charge in [0.2, 0.25) is 0 Å². The van der Waals surface area contributed by atoms with E-state index in [1.165, 1.54) is 12.8 Å². The smallest absolute Gasteiger partial charge is 0.0996 e. The zero-order chi connectivity index (χ0) is 12.6. The largest absolute Gasteiger partial charge is 0.291 e. The van der Waals surface area contributed by atoms with Gasteiger partial charge in [0.15, 0.2) is 0 Å². The fraction of sp³-hybridized carbons (Fsp3) is 0.714. The maximum atomic E-state index is 5.90. The van der Waals surface area contributed by atoms with Gasteiger partial charge < -0.3 is 0 Å². The Balaban J connectivity index is 4.19. The molecule has 0 aromatic heterocycles. The highest BCUT2D eigenvalue weighted by Gasteiger charge is 2.18. The number of hydroxylamine groups is 2. The Kier molecular flexibility index (Phi) is 8.22. The lowest BCUT2D eigenvalue weighted by Crippen LogP contribution is -2.35. The highest BCUT2D eigenvalue weighted by molar-refractivity contribution is 4.84. The molecule has 0 unspecified atom stereocenters. The minimum Gasteiger partial charge on any atom is -0.291 e. The third kappa shape index (κ3) is 5.47. The molecule has 0 radical (unpaired) electrons. The van der Waals surface area contributed by atoms with Crippen molar-refractivity contribution in [3.8, 4) is 0 Å². The number of nitrogens with zero attached hydrogens (tertiary/aromatic N) is 1. The maximum absolute atomic E-state index is 5.90. The average Bonchev–Trinajstić information content (AvgIpc) is 2.26. The van der Waals surface area contributed by atoms with Crippen molar-refractivity contribution < 1.29 is 4.84 Å². The van der Waals surface area contributed by atoms with Gasteiger partial charge in [-0.1, -0.05) is 32.4 Å². The monoisotopic (exact) mass is 225 g/mol. The summed E-state index contributed by atoms with van der Waals surface area (Å²) in [6, 6.07) is 0.355. The van der Waals surface area contributed by atoms with Crippen molar-refractivity contribution in [2.45, 2.75) is 52.2 Å². The van der Waals surface area contributed by atoms with E-state index in [1.807, 2.05) is 24.3 Å².